The first-order valence-electron chi connectivity index (χ1n) is 21.3. The van der Waals surface area contributed by atoms with Crippen molar-refractivity contribution in [2.75, 3.05) is 27.3 Å². The van der Waals surface area contributed by atoms with Crippen LogP contribution >= 0.6 is 0 Å². The third-order valence-electron chi connectivity index (χ3n) is 11.6. The lowest BCUT2D eigenvalue weighted by molar-refractivity contribution is -0.134. The van der Waals surface area contributed by atoms with Gasteiger partial charge in [-0.15, -0.1) is 0 Å². The highest BCUT2D eigenvalue weighted by atomic mass is 19.1. The van der Waals surface area contributed by atoms with Gasteiger partial charge in [-0.3, -0.25) is 9.59 Å². The zero-order valence-electron chi connectivity index (χ0n) is 36.5. The number of nitrogens with zero attached hydrogens (tertiary/aromatic N) is 4. The number of likely N-dealkylation sites (tertiary alicyclic amines) is 2. The Morgan fingerprint density at radius 3 is 1.82 bits per heavy atom. The van der Waals surface area contributed by atoms with Crippen LogP contribution in [0.5, 0.6) is 0 Å². The molecule has 2 aliphatic carbocycles. The van der Waals surface area contributed by atoms with Gasteiger partial charge in [0, 0.05) is 22.5 Å². The van der Waals surface area contributed by atoms with Gasteiger partial charge in [-0.1, -0.05) is 36.4 Å². The molecule has 14 nitrogen and oxygen atoms in total. The molecule has 8 rings (SSSR count). The van der Waals surface area contributed by atoms with Gasteiger partial charge in [0.15, 0.2) is 0 Å². The number of alkyl carbamates (subject to hydrolysis) is 2. The van der Waals surface area contributed by atoms with Crippen molar-refractivity contribution < 1.29 is 44.3 Å². The minimum atomic E-state index is -3.31. The van der Waals surface area contributed by atoms with E-state index >= 15 is 4.39 Å². The summed E-state index contributed by atoms with van der Waals surface area (Å²) in [6.45, 7) is -2.85. The van der Waals surface area contributed by atoms with Crippen molar-refractivity contribution in [1.29, 1.82) is 0 Å². The monoisotopic (exact) mass is 789 g/mol. The molecule has 2 aromatic carbocycles. The largest absolute Gasteiger partial charge is 0.453 e. The number of carbonyl (C=O) groups excluding carboxylic acids is 4. The Balaban J connectivity index is 1.04. The summed E-state index contributed by atoms with van der Waals surface area (Å²) < 4.78 is 79.4. The summed E-state index contributed by atoms with van der Waals surface area (Å²) in [5.41, 5.74) is 7.47. The molecule has 3 fully saturated rings. The Hall–Kier alpha value is -5.80. The maximum atomic E-state index is 15.0. The molecule has 2 saturated heterocycles. The second-order valence-electron chi connectivity index (χ2n) is 15.0. The van der Waals surface area contributed by atoms with Crippen molar-refractivity contribution in [3.05, 3.63) is 71.6 Å². The highest BCUT2D eigenvalue weighted by Gasteiger charge is 2.43. The van der Waals surface area contributed by atoms with Gasteiger partial charge < -0.3 is 39.9 Å². The van der Waals surface area contributed by atoms with Crippen LogP contribution in [0.3, 0.4) is 0 Å². The van der Waals surface area contributed by atoms with E-state index in [0.717, 1.165) is 60.6 Å². The van der Waals surface area contributed by atoms with Crippen LogP contribution in [-0.4, -0.2) is 105 Å². The first kappa shape index (κ1) is 32.3. The van der Waals surface area contributed by atoms with E-state index in [4.69, 9.17) is 6.85 Å². The summed E-state index contributed by atoms with van der Waals surface area (Å²) in [5, 5.41) is 4.02. The highest BCUT2D eigenvalue weighted by Crippen LogP contribution is 2.58. The van der Waals surface area contributed by atoms with Crippen LogP contribution in [-0.2, 0) is 19.1 Å². The van der Waals surface area contributed by atoms with Crippen molar-refractivity contribution in [2.45, 2.75) is 94.2 Å². The molecule has 8 atom stereocenters. The van der Waals surface area contributed by atoms with Crippen molar-refractivity contribution >= 4 is 24.0 Å². The van der Waals surface area contributed by atoms with Crippen molar-refractivity contribution in [1.82, 2.24) is 40.4 Å². The lowest BCUT2D eigenvalue weighted by Gasteiger charge is -2.26. The first-order valence-corrected chi connectivity index (χ1v) is 18.8. The zero-order valence-corrected chi connectivity index (χ0v) is 31.5. The fraction of sp³-hybridized carbons (Fsp3) is 0.463. The van der Waals surface area contributed by atoms with E-state index in [9.17, 15) is 23.6 Å². The van der Waals surface area contributed by atoms with Gasteiger partial charge in [-0.2, -0.15) is 0 Å². The number of alkyl halides is 2. The summed E-state index contributed by atoms with van der Waals surface area (Å²) in [6.07, 6.45) is 0.906. The summed E-state index contributed by atoms with van der Waals surface area (Å²) in [7, 11) is 2.09. The third kappa shape index (κ3) is 7.10. The van der Waals surface area contributed by atoms with Crippen LogP contribution in [0.2, 0.25) is 0 Å². The predicted octanol–water partition coefficient (Wildman–Crippen LogP) is 6.21. The predicted molar refractivity (Wildman–Crippen MR) is 204 cm³/mol. The smallest absolute Gasteiger partial charge is 0.407 e. The van der Waals surface area contributed by atoms with E-state index in [0.29, 0.717) is 29.0 Å². The fourth-order valence-electron chi connectivity index (χ4n) is 8.99. The Kier molecular flexibility index (Phi) is 8.66. The van der Waals surface area contributed by atoms with Gasteiger partial charge in [0.2, 0.25) is 11.8 Å². The third-order valence-corrected chi connectivity index (χ3v) is 11.6. The SMILES string of the molecule is [2H]C(C)(NC(=O)OC)C(=O)N1C[C@@H](F)C[C@H]1c1ncc(-c2ccc(-c3ccc(-c4cnc([C@@H]5C[C@H](F)CN5C(=O)C([2H])(NC(=O)OC)C([2H])([2H])[2H])[nH]4)c4c3C3CCC4C3)cc2)[nH]1. The molecule has 4 heterocycles. The summed E-state index contributed by atoms with van der Waals surface area (Å²) in [5.74, 6) is -0.904. The fourth-order valence-corrected chi connectivity index (χ4v) is 8.99. The number of fused-ring (bicyclic) bond motifs is 5. The Bertz CT molecular complexity index is 2410. The molecule has 2 aliphatic heterocycles. The molecular formula is C41H46F2N8O6. The standard InChI is InChI=1S/C41H46F2N8O6/c1-20(46-40(54)56-3)38(52)50-18-26(42)14-32(50)36-44-16-30(48-36)23-7-5-22(6-8-23)28-11-12-29(35-25-10-9-24(13-25)34(28)35)31-17-45-37(49-31)33-15-27(43)19-51(33)39(53)21(2)47-41(55)57-4/h5-8,11-12,16-17,20-21,24-27,32-33H,9-10,13-15,18-19H2,1-4H3,(H,44,48)(H,45,49)(H,46,54)(H,47,55)/t20?,21?,24?,25?,26-,27-,32-,33-/m0/s1/i2D3,20D,21D. The lowest BCUT2D eigenvalue weighted by atomic mass is 9.82. The number of halogens is 2. The number of amides is 4. The van der Waals surface area contributed by atoms with E-state index in [2.05, 4.69) is 40.8 Å². The van der Waals surface area contributed by atoms with E-state index in [1.165, 1.54) is 23.0 Å². The number of aromatic nitrogens is 4. The van der Waals surface area contributed by atoms with Crippen LogP contribution in [0.25, 0.3) is 33.6 Å². The molecule has 4 aromatic rings. The number of nitrogens with one attached hydrogen (secondary N) is 4. The molecule has 57 heavy (non-hydrogen) atoms. The molecular weight excluding hydrogens is 738 g/mol. The molecule has 1 saturated carbocycles. The minimum absolute atomic E-state index is 0.0264. The number of benzene rings is 2. The van der Waals surface area contributed by atoms with Gasteiger partial charge in [0.05, 0.1) is 65.9 Å². The number of aromatic amines is 2. The minimum Gasteiger partial charge on any atom is -0.453 e. The zero-order chi connectivity index (χ0) is 44.5. The Morgan fingerprint density at radius 2 is 1.25 bits per heavy atom. The molecule has 4 N–H and O–H groups in total. The number of imidazole rings is 2. The quantitative estimate of drug-likeness (QED) is 0.155. The van der Waals surface area contributed by atoms with E-state index in [1.807, 2.05) is 35.6 Å². The lowest BCUT2D eigenvalue weighted by Crippen LogP contribution is -2.47. The average Bonchev–Trinajstić information content (AvgIpc) is 4.10. The van der Waals surface area contributed by atoms with Crippen LogP contribution < -0.4 is 10.6 Å². The average molecular weight is 790 g/mol. The van der Waals surface area contributed by atoms with Crippen LogP contribution in [0, 0.1) is 0 Å². The molecule has 4 amide bonds. The molecule has 0 spiro atoms. The van der Waals surface area contributed by atoms with Crippen molar-refractivity contribution in [3.8, 4) is 33.6 Å². The Labute approximate surface area is 335 Å². The summed E-state index contributed by atoms with van der Waals surface area (Å²) in [4.78, 5) is 68.5. The number of hydrogen-bond acceptors (Lipinski definition) is 8. The number of methoxy groups -OCH3 is 2. The number of H-pyrrole nitrogens is 2. The highest BCUT2D eigenvalue weighted by molar-refractivity contribution is 5.87. The normalized spacial score (nSPS) is 27.2. The van der Waals surface area contributed by atoms with E-state index in [1.54, 1.807) is 12.4 Å². The molecule has 2 bridgehead atoms. The number of ether oxygens (including phenoxy) is 2. The summed E-state index contributed by atoms with van der Waals surface area (Å²) >= 11 is 0. The first-order chi connectivity index (χ1) is 29.3. The number of carbonyl (C=O) groups is 4. The molecule has 4 aliphatic rings. The van der Waals surface area contributed by atoms with Crippen molar-refractivity contribution in [3.63, 3.8) is 0 Å². The topological polar surface area (TPSA) is 175 Å². The van der Waals surface area contributed by atoms with Crippen LogP contribution in [0.4, 0.5) is 18.4 Å². The second-order valence-corrected chi connectivity index (χ2v) is 15.0. The van der Waals surface area contributed by atoms with Crippen LogP contribution in [0.15, 0.2) is 48.8 Å². The molecule has 16 heteroatoms. The molecule has 2 aromatic heterocycles. The number of rotatable bonds is 9. The van der Waals surface area contributed by atoms with Gasteiger partial charge in [0.1, 0.15) is 36.0 Å². The van der Waals surface area contributed by atoms with Gasteiger partial charge in [-0.25, -0.2) is 28.3 Å². The van der Waals surface area contributed by atoms with Gasteiger partial charge >= 0.3 is 12.2 Å². The van der Waals surface area contributed by atoms with Crippen LogP contribution in [0.1, 0.15) is 99.4 Å². The maximum absolute atomic E-state index is 15.0. The van der Waals surface area contributed by atoms with E-state index in [-0.39, 0.29) is 25.2 Å². The molecule has 0 radical (unpaired) electrons. The van der Waals surface area contributed by atoms with Gasteiger partial charge in [-0.05, 0) is 72.7 Å². The Morgan fingerprint density at radius 1 is 0.754 bits per heavy atom. The summed E-state index contributed by atoms with van der Waals surface area (Å²) in [6, 6.07) is 4.95. The number of hydrogen-bond donors (Lipinski definition) is 4. The molecule has 300 valence electrons. The molecule has 4 unspecified atom stereocenters. The van der Waals surface area contributed by atoms with Crippen molar-refractivity contribution in [2.24, 2.45) is 0 Å². The second kappa shape index (κ2) is 15.3. The maximum Gasteiger partial charge on any atom is 0.407 e. The van der Waals surface area contributed by atoms with E-state index < -0.39 is 73.9 Å². The van der Waals surface area contributed by atoms with Gasteiger partial charge in [0.25, 0.3) is 0 Å².